The highest BCUT2D eigenvalue weighted by atomic mass is 16.5. The van der Waals surface area contributed by atoms with Crippen LogP contribution in [0, 0.1) is 0 Å². The Morgan fingerprint density at radius 1 is 1.15 bits per heavy atom. The van der Waals surface area contributed by atoms with Gasteiger partial charge in [-0.3, -0.25) is 4.79 Å². The Kier molecular flexibility index (Phi) is 9.17. The Morgan fingerprint density at radius 3 is 2.38 bits per heavy atom. The summed E-state index contributed by atoms with van der Waals surface area (Å²) in [4.78, 5) is 9.97. The van der Waals surface area contributed by atoms with Gasteiger partial charge < -0.3 is 4.74 Å². The minimum atomic E-state index is 0.101. The van der Waals surface area contributed by atoms with E-state index in [1.54, 1.807) is 0 Å². The van der Waals surface area contributed by atoms with Crippen molar-refractivity contribution in [2.24, 2.45) is 0 Å². The van der Waals surface area contributed by atoms with Gasteiger partial charge in [-0.1, -0.05) is 39.0 Å². The highest BCUT2D eigenvalue weighted by molar-refractivity contribution is 5.37. The summed E-state index contributed by atoms with van der Waals surface area (Å²) in [5.41, 5.74) is 0. The molecule has 0 N–H and O–H groups in total. The molecule has 2 nitrogen and oxygen atoms in total. The van der Waals surface area contributed by atoms with Crippen LogP contribution in [0.5, 0.6) is 0 Å². The van der Waals surface area contributed by atoms with Crippen molar-refractivity contribution < 1.29 is 9.53 Å². The lowest BCUT2D eigenvalue weighted by atomic mass is 10.1. The summed E-state index contributed by atoms with van der Waals surface area (Å²) >= 11 is 0. The SMILES string of the molecule is CCCCCCCCC(C)OC=O. The van der Waals surface area contributed by atoms with Gasteiger partial charge in [-0.15, -0.1) is 0 Å². The minimum absolute atomic E-state index is 0.101. The lowest BCUT2D eigenvalue weighted by molar-refractivity contribution is -0.133. The number of unbranched alkanes of at least 4 members (excludes halogenated alkanes) is 5. The molecule has 0 aliphatic heterocycles. The van der Waals surface area contributed by atoms with Crippen LogP contribution in [-0.2, 0) is 9.53 Å². The third-order valence-electron chi connectivity index (χ3n) is 2.25. The van der Waals surface area contributed by atoms with E-state index in [2.05, 4.69) is 6.92 Å². The van der Waals surface area contributed by atoms with Crippen molar-refractivity contribution in [2.45, 2.75) is 64.9 Å². The van der Waals surface area contributed by atoms with Crippen molar-refractivity contribution >= 4 is 6.47 Å². The van der Waals surface area contributed by atoms with Crippen molar-refractivity contribution in [3.05, 3.63) is 0 Å². The van der Waals surface area contributed by atoms with Gasteiger partial charge in [-0.25, -0.2) is 0 Å². The van der Waals surface area contributed by atoms with Crippen molar-refractivity contribution in [3.63, 3.8) is 0 Å². The van der Waals surface area contributed by atoms with Gasteiger partial charge in [0.1, 0.15) is 0 Å². The summed E-state index contributed by atoms with van der Waals surface area (Å²) in [6, 6.07) is 0. The first-order valence-electron chi connectivity index (χ1n) is 5.40. The molecular weight excluding hydrogens is 164 g/mol. The predicted molar refractivity (Wildman–Crippen MR) is 54.6 cm³/mol. The minimum Gasteiger partial charge on any atom is -0.465 e. The Hall–Kier alpha value is -0.530. The molecule has 0 aliphatic rings. The molecule has 0 aromatic heterocycles. The normalized spacial score (nSPS) is 12.5. The summed E-state index contributed by atoms with van der Waals surface area (Å²) in [7, 11) is 0. The van der Waals surface area contributed by atoms with Crippen molar-refractivity contribution in [1.29, 1.82) is 0 Å². The third kappa shape index (κ3) is 9.38. The van der Waals surface area contributed by atoms with E-state index in [9.17, 15) is 4.79 Å². The summed E-state index contributed by atoms with van der Waals surface area (Å²) < 4.78 is 4.79. The summed E-state index contributed by atoms with van der Waals surface area (Å²) in [6.07, 6.45) is 8.87. The molecule has 0 saturated heterocycles. The molecule has 0 rings (SSSR count). The van der Waals surface area contributed by atoms with E-state index < -0.39 is 0 Å². The predicted octanol–water partition coefficient (Wildman–Crippen LogP) is 3.30. The van der Waals surface area contributed by atoms with Crippen LogP contribution in [0.15, 0.2) is 0 Å². The maximum Gasteiger partial charge on any atom is 0.293 e. The lowest BCUT2D eigenvalue weighted by Gasteiger charge is -2.08. The zero-order chi connectivity index (χ0) is 9.94. The van der Waals surface area contributed by atoms with Gasteiger partial charge in [0.25, 0.3) is 6.47 Å². The number of carbonyl (C=O) groups excluding carboxylic acids is 1. The summed E-state index contributed by atoms with van der Waals surface area (Å²) in [6.45, 7) is 4.71. The van der Waals surface area contributed by atoms with E-state index in [0.29, 0.717) is 6.47 Å². The molecule has 0 bridgehead atoms. The molecule has 0 saturated carbocycles. The maximum absolute atomic E-state index is 9.97. The molecule has 0 spiro atoms. The highest BCUT2D eigenvalue weighted by Crippen LogP contribution is 2.09. The standard InChI is InChI=1S/C11H22O2/c1-3-4-5-6-7-8-9-11(2)13-10-12/h10-11H,3-9H2,1-2H3. The molecule has 0 aromatic rings. The van der Waals surface area contributed by atoms with Crippen LogP contribution in [0.4, 0.5) is 0 Å². The van der Waals surface area contributed by atoms with Crippen LogP contribution < -0.4 is 0 Å². The Bertz CT molecular complexity index is 113. The van der Waals surface area contributed by atoms with Crippen LogP contribution in [0.3, 0.4) is 0 Å². The molecule has 0 heterocycles. The number of carbonyl (C=O) groups is 1. The molecule has 0 radical (unpaired) electrons. The second kappa shape index (κ2) is 9.56. The quantitative estimate of drug-likeness (QED) is 0.408. The second-order valence-electron chi connectivity index (χ2n) is 3.60. The molecule has 0 aromatic carbocycles. The fourth-order valence-corrected chi connectivity index (χ4v) is 1.38. The van der Waals surface area contributed by atoms with E-state index in [4.69, 9.17) is 4.74 Å². The van der Waals surface area contributed by atoms with E-state index in [-0.39, 0.29) is 6.10 Å². The second-order valence-corrected chi connectivity index (χ2v) is 3.60. The fraction of sp³-hybridized carbons (Fsp3) is 0.909. The van der Waals surface area contributed by atoms with Crippen molar-refractivity contribution in [2.75, 3.05) is 0 Å². The summed E-state index contributed by atoms with van der Waals surface area (Å²) in [5, 5.41) is 0. The number of hydrogen-bond donors (Lipinski definition) is 0. The first kappa shape index (κ1) is 12.5. The lowest BCUT2D eigenvalue weighted by Crippen LogP contribution is -2.05. The first-order chi connectivity index (χ1) is 6.31. The Morgan fingerprint density at radius 2 is 1.77 bits per heavy atom. The first-order valence-corrected chi connectivity index (χ1v) is 5.40. The average Bonchev–Trinajstić information content (AvgIpc) is 2.11. The van der Waals surface area contributed by atoms with Crippen LogP contribution in [-0.4, -0.2) is 12.6 Å². The molecule has 0 aliphatic carbocycles. The van der Waals surface area contributed by atoms with Gasteiger partial charge in [0.15, 0.2) is 0 Å². The smallest absolute Gasteiger partial charge is 0.293 e. The van der Waals surface area contributed by atoms with Gasteiger partial charge in [-0.05, 0) is 19.8 Å². The molecule has 78 valence electrons. The number of rotatable bonds is 9. The van der Waals surface area contributed by atoms with Crippen LogP contribution >= 0.6 is 0 Å². The zero-order valence-electron chi connectivity index (χ0n) is 8.92. The van der Waals surface area contributed by atoms with Crippen LogP contribution in [0.2, 0.25) is 0 Å². The third-order valence-corrected chi connectivity index (χ3v) is 2.25. The summed E-state index contributed by atoms with van der Waals surface area (Å²) in [5.74, 6) is 0. The molecule has 1 atom stereocenters. The molecule has 1 unspecified atom stereocenters. The van der Waals surface area contributed by atoms with Gasteiger partial charge >= 0.3 is 0 Å². The maximum atomic E-state index is 9.97. The van der Waals surface area contributed by atoms with Crippen LogP contribution in [0.1, 0.15) is 58.8 Å². The Labute approximate surface area is 81.7 Å². The van der Waals surface area contributed by atoms with Gasteiger partial charge in [0, 0.05) is 0 Å². The van der Waals surface area contributed by atoms with E-state index in [1.165, 1.54) is 38.5 Å². The molecule has 0 fully saturated rings. The monoisotopic (exact) mass is 186 g/mol. The average molecular weight is 186 g/mol. The van der Waals surface area contributed by atoms with Crippen LogP contribution in [0.25, 0.3) is 0 Å². The fourth-order valence-electron chi connectivity index (χ4n) is 1.38. The van der Waals surface area contributed by atoms with Gasteiger partial charge in [0.2, 0.25) is 0 Å². The largest absolute Gasteiger partial charge is 0.465 e. The molecule has 2 heteroatoms. The Balaban J connectivity index is 3.01. The molecule has 13 heavy (non-hydrogen) atoms. The number of hydrogen-bond acceptors (Lipinski definition) is 2. The van der Waals surface area contributed by atoms with E-state index >= 15 is 0 Å². The molecule has 0 amide bonds. The van der Waals surface area contributed by atoms with Gasteiger partial charge in [-0.2, -0.15) is 0 Å². The highest BCUT2D eigenvalue weighted by Gasteiger charge is 2.00. The van der Waals surface area contributed by atoms with E-state index in [0.717, 1.165) is 6.42 Å². The van der Waals surface area contributed by atoms with Gasteiger partial charge in [0.05, 0.1) is 6.10 Å². The van der Waals surface area contributed by atoms with E-state index in [1.807, 2.05) is 6.92 Å². The van der Waals surface area contributed by atoms with Crippen molar-refractivity contribution in [3.8, 4) is 0 Å². The topological polar surface area (TPSA) is 26.3 Å². The zero-order valence-corrected chi connectivity index (χ0v) is 8.92. The molecular formula is C11H22O2. The van der Waals surface area contributed by atoms with Crippen molar-refractivity contribution in [1.82, 2.24) is 0 Å². The number of ether oxygens (including phenoxy) is 1.